The summed E-state index contributed by atoms with van der Waals surface area (Å²) in [4.78, 5) is 12.4. The van der Waals surface area contributed by atoms with Crippen LogP contribution in [0.4, 0.5) is 5.69 Å². The summed E-state index contributed by atoms with van der Waals surface area (Å²) >= 11 is 0. The Labute approximate surface area is 128 Å². The van der Waals surface area contributed by atoms with Crippen LogP contribution in [0.5, 0.6) is 0 Å². The Balaban J connectivity index is 1.69. The van der Waals surface area contributed by atoms with E-state index in [0.29, 0.717) is 16.8 Å². The van der Waals surface area contributed by atoms with E-state index in [2.05, 4.69) is 0 Å². The van der Waals surface area contributed by atoms with E-state index in [1.54, 1.807) is 36.4 Å². The highest BCUT2D eigenvalue weighted by Crippen LogP contribution is 2.29. The van der Waals surface area contributed by atoms with Crippen molar-refractivity contribution in [1.82, 2.24) is 0 Å². The van der Waals surface area contributed by atoms with Crippen molar-refractivity contribution in [2.45, 2.75) is 5.91 Å². The number of hydrogen-bond donors (Lipinski definition) is 2. The second-order valence-corrected chi connectivity index (χ2v) is 5.34. The molecule has 1 aliphatic rings. The summed E-state index contributed by atoms with van der Waals surface area (Å²) in [6.07, 6.45) is 0. The molecule has 5 heteroatoms. The highest BCUT2D eigenvalue weighted by atomic mass is 16.7. The van der Waals surface area contributed by atoms with Crippen LogP contribution < -0.4 is 11.5 Å². The largest absolute Gasteiger partial charge is 0.399 e. The predicted octanol–water partition coefficient (Wildman–Crippen LogP) is 1.88. The fourth-order valence-electron chi connectivity index (χ4n) is 2.41. The number of anilines is 1. The number of hydrogen-bond acceptors (Lipinski definition) is 5. The summed E-state index contributed by atoms with van der Waals surface area (Å²) in [6, 6.07) is 16.1. The fourth-order valence-corrected chi connectivity index (χ4v) is 2.41. The Morgan fingerprint density at radius 2 is 1.59 bits per heavy atom. The number of nitrogen functional groups attached to an aromatic ring is 1. The summed E-state index contributed by atoms with van der Waals surface area (Å²) in [6.45, 7) is 0.434. The molecular weight excluding hydrogens is 280 g/mol. The van der Waals surface area contributed by atoms with E-state index in [4.69, 9.17) is 20.9 Å². The lowest BCUT2D eigenvalue weighted by molar-refractivity contribution is -0.283. The van der Waals surface area contributed by atoms with E-state index in [-0.39, 0.29) is 24.9 Å². The first-order valence-corrected chi connectivity index (χ1v) is 7.10. The molecule has 1 fully saturated rings. The van der Waals surface area contributed by atoms with Crippen LogP contribution in [0.25, 0.3) is 0 Å². The minimum Gasteiger partial charge on any atom is -0.399 e. The third-order valence-electron chi connectivity index (χ3n) is 3.74. The molecule has 0 radical (unpaired) electrons. The van der Waals surface area contributed by atoms with Crippen molar-refractivity contribution in [3.63, 3.8) is 0 Å². The van der Waals surface area contributed by atoms with E-state index >= 15 is 0 Å². The van der Waals surface area contributed by atoms with Gasteiger partial charge in [-0.3, -0.25) is 10.5 Å². The standard InChI is InChI=1S/C17H18N2O3/c18-15-8-6-14(7-9-15)17(19)21-10-13(11-22-17)16(20)12-4-2-1-3-5-12/h1-9,13H,10-11,18-19H2. The number of benzene rings is 2. The molecule has 1 saturated heterocycles. The lowest BCUT2D eigenvalue weighted by Crippen LogP contribution is -2.50. The minimum atomic E-state index is -1.33. The number of carbonyl (C=O) groups excluding carboxylic acids is 1. The first kappa shape index (κ1) is 14.7. The molecule has 22 heavy (non-hydrogen) atoms. The molecule has 4 N–H and O–H groups in total. The predicted molar refractivity (Wildman–Crippen MR) is 82.9 cm³/mol. The Bertz CT molecular complexity index is 647. The zero-order valence-corrected chi connectivity index (χ0v) is 12.1. The van der Waals surface area contributed by atoms with Gasteiger partial charge in [0.05, 0.1) is 19.1 Å². The van der Waals surface area contributed by atoms with Gasteiger partial charge < -0.3 is 15.2 Å². The molecule has 114 valence electrons. The number of Topliss-reactive ketones (excluding diaryl/α,β-unsaturated/α-hetero) is 1. The zero-order valence-electron chi connectivity index (χ0n) is 12.1. The molecule has 1 heterocycles. The first-order valence-electron chi connectivity index (χ1n) is 7.10. The maximum absolute atomic E-state index is 12.4. The molecule has 5 nitrogen and oxygen atoms in total. The Morgan fingerprint density at radius 1 is 1.00 bits per heavy atom. The van der Waals surface area contributed by atoms with Crippen LogP contribution in [0.3, 0.4) is 0 Å². The first-order chi connectivity index (χ1) is 10.6. The molecular formula is C17H18N2O3. The third-order valence-corrected chi connectivity index (χ3v) is 3.74. The quantitative estimate of drug-likeness (QED) is 0.667. The van der Waals surface area contributed by atoms with Crippen LogP contribution in [0.1, 0.15) is 15.9 Å². The van der Waals surface area contributed by atoms with Crippen LogP contribution in [-0.4, -0.2) is 19.0 Å². The van der Waals surface area contributed by atoms with Gasteiger partial charge >= 0.3 is 0 Å². The van der Waals surface area contributed by atoms with Crippen molar-refractivity contribution >= 4 is 11.5 Å². The molecule has 0 aromatic heterocycles. The molecule has 0 atom stereocenters. The Kier molecular flexibility index (Phi) is 3.94. The second kappa shape index (κ2) is 5.88. The van der Waals surface area contributed by atoms with Crippen LogP contribution in [0.15, 0.2) is 54.6 Å². The van der Waals surface area contributed by atoms with E-state index < -0.39 is 5.91 Å². The SMILES string of the molecule is Nc1ccc(C2(N)OCC(C(=O)c3ccccc3)CO2)cc1. The van der Waals surface area contributed by atoms with Crippen molar-refractivity contribution < 1.29 is 14.3 Å². The van der Waals surface area contributed by atoms with Crippen molar-refractivity contribution in [1.29, 1.82) is 0 Å². The van der Waals surface area contributed by atoms with Gasteiger partial charge in [-0.2, -0.15) is 0 Å². The number of nitrogens with two attached hydrogens (primary N) is 2. The van der Waals surface area contributed by atoms with Gasteiger partial charge in [-0.15, -0.1) is 0 Å². The molecule has 2 aromatic rings. The summed E-state index contributed by atoms with van der Waals surface area (Å²) in [5, 5.41) is 0. The average Bonchev–Trinajstić information content (AvgIpc) is 2.56. The molecule has 0 aliphatic carbocycles. The van der Waals surface area contributed by atoms with E-state index in [1.807, 2.05) is 18.2 Å². The van der Waals surface area contributed by atoms with Crippen molar-refractivity contribution in [3.05, 3.63) is 65.7 Å². The highest BCUT2D eigenvalue weighted by Gasteiger charge is 2.38. The van der Waals surface area contributed by atoms with E-state index in [0.717, 1.165) is 0 Å². The summed E-state index contributed by atoms with van der Waals surface area (Å²) in [5.74, 6) is -1.69. The highest BCUT2D eigenvalue weighted by molar-refractivity contribution is 5.98. The van der Waals surface area contributed by atoms with Crippen LogP contribution in [0.2, 0.25) is 0 Å². The molecule has 0 unspecified atom stereocenters. The number of rotatable bonds is 3. The van der Waals surface area contributed by atoms with Gasteiger partial charge in [0.2, 0.25) is 0 Å². The molecule has 2 aromatic carbocycles. The van der Waals surface area contributed by atoms with Crippen molar-refractivity contribution in [2.24, 2.45) is 11.7 Å². The molecule has 0 bridgehead atoms. The molecule has 1 aliphatic heterocycles. The van der Waals surface area contributed by atoms with Gasteiger partial charge in [-0.1, -0.05) is 42.5 Å². The summed E-state index contributed by atoms with van der Waals surface area (Å²) < 4.78 is 11.3. The van der Waals surface area contributed by atoms with Crippen molar-refractivity contribution in [3.8, 4) is 0 Å². The fraction of sp³-hybridized carbons (Fsp3) is 0.235. The van der Waals surface area contributed by atoms with E-state index in [9.17, 15) is 4.79 Å². The van der Waals surface area contributed by atoms with Crippen LogP contribution in [-0.2, 0) is 15.4 Å². The second-order valence-electron chi connectivity index (χ2n) is 5.34. The summed E-state index contributed by atoms with van der Waals surface area (Å²) in [5.41, 5.74) is 13.8. The zero-order chi connectivity index (χ0) is 15.6. The topological polar surface area (TPSA) is 87.6 Å². The van der Waals surface area contributed by atoms with Crippen molar-refractivity contribution in [2.75, 3.05) is 18.9 Å². The number of ether oxygens (including phenoxy) is 2. The Hall–Kier alpha value is -2.21. The number of carbonyl (C=O) groups is 1. The van der Waals surface area contributed by atoms with Gasteiger partial charge in [0, 0.05) is 16.8 Å². The van der Waals surface area contributed by atoms with Gasteiger partial charge in [-0.25, -0.2) is 0 Å². The molecule has 3 rings (SSSR count). The normalized spacial score (nSPS) is 24.9. The lowest BCUT2D eigenvalue weighted by Gasteiger charge is -2.36. The monoisotopic (exact) mass is 298 g/mol. The average molecular weight is 298 g/mol. The van der Waals surface area contributed by atoms with E-state index in [1.165, 1.54) is 0 Å². The smallest absolute Gasteiger partial charge is 0.253 e. The minimum absolute atomic E-state index is 0.0000406. The van der Waals surface area contributed by atoms with Gasteiger partial charge in [0.1, 0.15) is 0 Å². The summed E-state index contributed by atoms with van der Waals surface area (Å²) in [7, 11) is 0. The maximum atomic E-state index is 12.4. The van der Waals surface area contributed by atoms with Gasteiger partial charge in [0.15, 0.2) is 5.78 Å². The molecule has 0 amide bonds. The van der Waals surface area contributed by atoms with Gasteiger partial charge in [-0.05, 0) is 12.1 Å². The molecule has 0 saturated carbocycles. The Morgan fingerprint density at radius 3 is 2.18 bits per heavy atom. The number of ketones is 1. The van der Waals surface area contributed by atoms with Crippen LogP contribution >= 0.6 is 0 Å². The maximum Gasteiger partial charge on any atom is 0.253 e. The lowest BCUT2D eigenvalue weighted by atomic mass is 9.98. The van der Waals surface area contributed by atoms with Crippen LogP contribution in [0, 0.1) is 5.92 Å². The van der Waals surface area contributed by atoms with Gasteiger partial charge in [0.25, 0.3) is 5.91 Å². The third kappa shape index (κ3) is 2.87. The molecule has 0 spiro atoms.